The quantitative estimate of drug-likeness (QED) is 0.110. The second-order valence-electron chi connectivity index (χ2n) is 15.1. The van der Waals surface area contributed by atoms with E-state index in [-0.39, 0.29) is 11.0 Å². The number of unbranched alkanes of at least 4 members (excludes halogenated alkanes) is 2. The van der Waals surface area contributed by atoms with E-state index < -0.39 is 0 Å². The van der Waals surface area contributed by atoms with Crippen LogP contribution in [0.1, 0.15) is 86.6 Å². The molecule has 0 bridgehead atoms. The molecule has 4 nitrogen and oxygen atoms in total. The summed E-state index contributed by atoms with van der Waals surface area (Å²) >= 11 is 0. The van der Waals surface area contributed by atoms with Gasteiger partial charge < -0.3 is 19.3 Å². The van der Waals surface area contributed by atoms with Gasteiger partial charge in [0, 0.05) is 46.1 Å². The van der Waals surface area contributed by atoms with Gasteiger partial charge in [-0.15, -0.1) is 0 Å². The van der Waals surface area contributed by atoms with Crippen LogP contribution in [-0.2, 0) is 5.41 Å². The first-order valence-electron chi connectivity index (χ1n) is 18.3. The van der Waals surface area contributed by atoms with Gasteiger partial charge in [-0.25, -0.2) is 0 Å². The topological polar surface area (TPSA) is 24.9 Å². The Morgan fingerprint density at radius 2 is 0.920 bits per heavy atom. The molecule has 0 unspecified atom stereocenters. The number of anilines is 5. The van der Waals surface area contributed by atoms with Gasteiger partial charge in [0.1, 0.15) is 11.5 Å². The third-order valence-corrected chi connectivity index (χ3v) is 8.93. The zero-order valence-corrected chi connectivity index (χ0v) is 31.5. The van der Waals surface area contributed by atoms with Crippen LogP contribution in [-0.4, -0.2) is 18.8 Å². The molecule has 0 aliphatic heterocycles. The van der Waals surface area contributed by atoms with Gasteiger partial charge >= 0.3 is 0 Å². The summed E-state index contributed by atoms with van der Waals surface area (Å²) in [4.78, 5) is 4.70. The molecule has 262 valence electrons. The molecule has 5 aromatic rings. The average molecular weight is 669 g/mol. The van der Waals surface area contributed by atoms with Gasteiger partial charge in [0.25, 0.3) is 0 Å². The first-order chi connectivity index (χ1) is 24.0. The van der Waals surface area contributed by atoms with Crippen LogP contribution >= 0.6 is 0 Å². The highest BCUT2D eigenvalue weighted by molar-refractivity contribution is 5.79. The van der Waals surface area contributed by atoms with E-state index in [0.717, 1.165) is 78.8 Å². The third kappa shape index (κ3) is 9.29. The lowest BCUT2D eigenvalue weighted by atomic mass is 9.87. The number of rotatable bonds is 14. The molecular formula is C46H56N2O2. The Morgan fingerprint density at radius 1 is 0.480 bits per heavy atom. The maximum atomic E-state index is 6.11. The first-order valence-corrected chi connectivity index (χ1v) is 18.3. The van der Waals surface area contributed by atoms with Crippen molar-refractivity contribution in [2.45, 2.75) is 92.0 Å². The summed E-state index contributed by atoms with van der Waals surface area (Å²) in [6, 6.07) is 43.6. The van der Waals surface area contributed by atoms with Gasteiger partial charge in [-0.3, -0.25) is 0 Å². The van der Waals surface area contributed by atoms with Crippen LogP contribution in [0.5, 0.6) is 11.5 Å². The van der Waals surface area contributed by atoms with Crippen LogP contribution in [0.3, 0.4) is 0 Å². The van der Waals surface area contributed by atoms with Crippen LogP contribution in [0, 0.1) is 0 Å². The van der Waals surface area contributed by atoms with E-state index in [1.54, 1.807) is 0 Å². The van der Waals surface area contributed by atoms with E-state index in [0.29, 0.717) is 0 Å². The maximum absolute atomic E-state index is 6.11. The van der Waals surface area contributed by atoms with E-state index in [9.17, 15) is 0 Å². The third-order valence-electron chi connectivity index (χ3n) is 8.93. The number of hydrogen-bond acceptors (Lipinski definition) is 4. The lowest BCUT2D eigenvalue weighted by Crippen LogP contribution is -2.37. The molecule has 0 saturated heterocycles. The second-order valence-corrected chi connectivity index (χ2v) is 15.1. The van der Waals surface area contributed by atoms with E-state index >= 15 is 0 Å². The van der Waals surface area contributed by atoms with Crippen LogP contribution in [0.2, 0.25) is 0 Å². The maximum Gasteiger partial charge on any atom is 0.121 e. The standard InChI is InChI=1S/C46H56N2O2/c1-9-11-31-49-43-17-13-15-41(33-43)47(39-29-23-37(24-30-39)45(3,4)5)38-25-19-35(20-26-38)36-21-27-40(28-22-36)48(46(6,7)8)42-16-14-18-44(34-42)50-32-12-10-2/h13-30,33-34H,9-12,31-32H2,1-8H3. The summed E-state index contributed by atoms with van der Waals surface area (Å²) in [6.45, 7) is 19.3. The van der Waals surface area contributed by atoms with Crippen LogP contribution in [0.15, 0.2) is 121 Å². The molecule has 0 spiro atoms. The minimum absolute atomic E-state index is 0.0875. The Hall–Kier alpha value is -4.70. The summed E-state index contributed by atoms with van der Waals surface area (Å²) in [5, 5.41) is 0. The fourth-order valence-electron chi connectivity index (χ4n) is 6.18. The van der Waals surface area contributed by atoms with E-state index in [1.165, 1.54) is 16.7 Å². The van der Waals surface area contributed by atoms with Crippen molar-refractivity contribution in [3.8, 4) is 22.6 Å². The minimum atomic E-state index is -0.127. The SMILES string of the molecule is CCCCOc1cccc(N(c2ccc(-c3ccc(N(c4cccc(OCCCC)c4)C(C)(C)C)cc3)cc2)c2ccc(C(C)(C)C)cc2)c1. The zero-order chi connectivity index (χ0) is 35.7. The van der Waals surface area contributed by atoms with Crippen molar-refractivity contribution in [1.29, 1.82) is 0 Å². The molecule has 50 heavy (non-hydrogen) atoms. The molecule has 0 aliphatic rings. The van der Waals surface area contributed by atoms with Gasteiger partial charge in [0.15, 0.2) is 0 Å². The lowest BCUT2D eigenvalue weighted by molar-refractivity contribution is 0.309. The number of benzene rings is 5. The summed E-state index contributed by atoms with van der Waals surface area (Å²) in [6.07, 6.45) is 4.33. The summed E-state index contributed by atoms with van der Waals surface area (Å²) < 4.78 is 12.2. The van der Waals surface area contributed by atoms with Crippen molar-refractivity contribution < 1.29 is 9.47 Å². The number of nitrogens with zero attached hydrogens (tertiary/aromatic N) is 2. The van der Waals surface area contributed by atoms with Gasteiger partial charge in [0.2, 0.25) is 0 Å². The van der Waals surface area contributed by atoms with Crippen molar-refractivity contribution in [3.05, 3.63) is 127 Å². The summed E-state index contributed by atoms with van der Waals surface area (Å²) in [7, 11) is 0. The average Bonchev–Trinajstić information content (AvgIpc) is 3.09. The Labute approximate surface area is 301 Å². The highest BCUT2D eigenvalue weighted by Gasteiger charge is 2.24. The molecule has 5 rings (SSSR count). The molecular weight excluding hydrogens is 613 g/mol. The predicted molar refractivity (Wildman–Crippen MR) is 214 cm³/mol. The van der Waals surface area contributed by atoms with Gasteiger partial charge in [0.05, 0.1) is 13.2 Å². The molecule has 0 radical (unpaired) electrons. The van der Waals surface area contributed by atoms with Gasteiger partial charge in [-0.05, 0) is 116 Å². The van der Waals surface area contributed by atoms with Crippen molar-refractivity contribution in [2.75, 3.05) is 23.0 Å². The molecule has 4 heteroatoms. The van der Waals surface area contributed by atoms with E-state index in [2.05, 4.69) is 174 Å². The van der Waals surface area contributed by atoms with Gasteiger partial charge in [-0.1, -0.05) is 96.0 Å². The molecule has 0 heterocycles. The lowest BCUT2D eigenvalue weighted by Gasteiger charge is -2.38. The molecule has 0 aromatic heterocycles. The number of ether oxygens (including phenoxy) is 2. The molecule has 0 fully saturated rings. The predicted octanol–water partition coefficient (Wildman–Crippen LogP) is 13.4. The van der Waals surface area contributed by atoms with Crippen molar-refractivity contribution in [1.82, 2.24) is 0 Å². The van der Waals surface area contributed by atoms with E-state index in [4.69, 9.17) is 9.47 Å². The fraction of sp³-hybridized carbons (Fsp3) is 0.348. The summed E-state index contributed by atoms with van der Waals surface area (Å²) in [5.41, 5.74) is 9.18. The van der Waals surface area contributed by atoms with Crippen LogP contribution < -0.4 is 19.3 Å². The largest absolute Gasteiger partial charge is 0.494 e. The molecule has 0 saturated carbocycles. The van der Waals surface area contributed by atoms with E-state index in [1.807, 2.05) is 12.1 Å². The van der Waals surface area contributed by atoms with Crippen molar-refractivity contribution in [3.63, 3.8) is 0 Å². The van der Waals surface area contributed by atoms with Crippen LogP contribution in [0.4, 0.5) is 28.4 Å². The normalized spacial score (nSPS) is 11.7. The fourth-order valence-corrected chi connectivity index (χ4v) is 6.18. The van der Waals surface area contributed by atoms with Crippen molar-refractivity contribution >= 4 is 28.4 Å². The number of hydrogen-bond donors (Lipinski definition) is 0. The highest BCUT2D eigenvalue weighted by atomic mass is 16.5. The Bertz CT molecular complexity index is 1780. The van der Waals surface area contributed by atoms with Crippen LogP contribution in [0.25, 0.3) is 11.1 Å². The molecule has 0 N–H and O–H groups in total. The molecule has 0 aliphatic carbocycles. The first kappa shape index (κ1) is 36.6. The minimum Gasteiger partial charge on any atom is -0.494 e. The Morgan fingerprint density at radius 3 is 1.38 bits per heavy atom. The smallest absolute Gasteiger partial charge is 0.121 e. The zero-order valence-electron chi connectivity index (χ0n) is 31.5. The summed E-state index contributed by atoms with van der Waals surface area (Å²) in [5.74, 6) is 1.81. The van der Waals surface area contributed by atoms with Crippen molar-refractivity contribution in [2.24, 2.45) is 0 Å². The highest BCUT2D eigenvalue weighted by Crippen LogP contribution is 2.39. The van der Waals surface area contributed by atoms with Gasteiger partial charge in [-0.2, -0.15) is 0 Å². The molecule has 0 atom stereocenters. The molecule has 0 amide bonds. The Kier molecular flexibility index (Phi) is 12.0. The monoisotopic (exact) mass is 668 g/mol. The molecule has 5 aromatic carbocycles. The second kappa shape index (κ2) is 16.3. The Balaban J connectivity index is 1.43.